The lowest BCUT2D eigenvalue weighted by Crippen LogP contribution is -2.17. The largest absolute Gasteiger partial charge is 0.380 e. The lowest BCUT2D eigenvalue weighted by molar-refractivity contribution is -0.118. The van der Waals surface area contributed by atoms with E-state index in [0.29, 0.717) is 0 Å². The van der Waals surface area contributed by atoms with Crippen molar-refractivity contribution in [1.82, 2.24) is 0 Å². The Morgan fingerprint density at radius 2 is 2.00 bits per heavy atom. The number of carbonyl (C=O) groups is 1. The number of aryl methyl sites for hydroxylation is 1. The molecule has 0 bridgehead atoms. The van der Waals surface area contributed by atoms with Crippen LogP contribution in [-0.4, -0.2) is 5.91 Å². The van der Waals surface area contributed by atoms with Crippen molar-refractivity contribution < 1.29 is 4.79 Å². The van der Waals surface area contributed by atoms with Gasteiger partial charge >= 0.3 is 0 Å². The van der Waals surface area contributed by atoms with Crippen LogP contribution in [-0.2, 0) is 11.3 Å². The number of anilines is 2. The van der Waals surface area contributed by atoms with Gasteiger partial charge in [-0.3, -0.25) is 4.79 Å². The smallest absolute Gasteiger partial charge is 0.226 e. The first-order chi connectivity index (χ1) is 9.95. The molecule has 1 heterocycles. The number of nitrogens with one attached hydrogen (secondary N) is 2. The third-order valence-electron chi connectivity index (χ3n) is 3.03. The molecule has 5 heteroatoms. The molecule has 0 aliphatic rings. The second kappa shape index (κ2) is 7.09. The van der Waals surface area contributed by atoms with Crippen molar-refractivity contribution in [2.45, 2.75) is 27.3 Å². The van der Waals surface area contributed by atoms with Crippen LogP contribution in [0.4, 0.5) is 11.4 Å². The summed E-state index contributed by atoms with van der Waals surface area (Å²) in [5.74, 6) is 0.0121. The Morgan fingerprint density at radius 3 is 2.62 bits per heavy atom. The lowest BCUT2D eigenvalue weighted by atomic mass is 10.2. The molecule has 0 spiro atoms. The van der Waals surface area contributed by atoms with Gasteiger partial charge < -0.3 is 10.6 Å². The minimum absolute atomic E-state index is 0.0203. The summed E-state index contributed by atoms with van der Waals surface area (Å²) in [4.78, 5) is 14.3. The summed E-state index contributed by atoms with van der Waals surface area (Å²) in [5, 5.41) is 6.29. The Hall–Kier alpha value is -1.33. The molecule has 2 N–H and O–H groups in total. The summed E-state index contributed by atoms with van der Waals surface area (Å²) in [7, 11) is 0. The highest BCUT2D eigenvalue weighted by molar-refractivity contribution is 9.10. The maximum Gasteiger partial charge on any atom is 0.226 e. The summed E-state index contributed by atoms with van der Waals surface area (Å²) in [5.41, 5.74) is 1.82. The standard InChI is InChI=1S/C16H19BrN2OS/c1-10(2)16(20)19-13-6-4-5-12(7-13)18-9-14-8-15(17)11(3)21-14/h4-8,10,18H,9H2,1-3H3,(H,19,20). The van der Waals surface area contributed by atoms with E-state index in [2.05, 4.69) is 39.6 Å². The molecular formula is C16H19BrN2OS. The first-order valence-corrected chi connectivity index (χ1v) is 8.46. The van der Waals surface area contributed by atoms with E-state index in [4.69, 9.17) is 0 Å². The van der Waals surface area contributed by atoms with E-state index in [9.17, 15) is 4.79 Å². The summed E-state index contributed by atoms with van der Waals surface area (Å²) < 4.78 is 1.15. The average molecular weight is 367 g/mol. The van der Waals surface area contributed by atoms with Crippen molar-refractivity contribution in [3.8, 4) is 0 Å². The maximum absolute atomic E-state index is 11.7. The molecule has 0 aliphatic carbocycles. The van der Waals surface area contributed by atoms with Gasteiger partial charge in [0.05, 0.1) is 0 Å². The fourth-order valence-electron chi connectivity index (χ4n) is 1.79. The normalized spacial score (nSPS) is 10.7. The molecule has 0 radical (unpaired) electrons. The van der Waals surface area contributed by atoms with E-state index in [-0.39, 0.29) is 11.8 Å². The highest BCUT2D eigenvalue weighted by Crippen LogP contribution is 2.27. The third kappa shape index (κ3) is 4.58. The molecule has 3 nitrogen and oxygen atoms in total. The topological polar surface area (TPSA) is 41.1 Å². The maximum atomic E-state index is 11.7. The Bertz CT molecular complexity index is 617. The van der Waals surface area contributed by atoms with Gasteiger partial charge in [0.15, 0.2) is 0 Å². The molecule has 0 saturated carbocycles. The zero-order valence-corrected chi connectivity index (χ0v) is 14.8. The Labute approximate surface area is 137 Å². The van der Waals surface area contributed by atoms with Crippen LogP contribution in [0, 0.1) is 12.8 Å². The fourth-order valence-corrected chi connectivity index (χ4v) is 3.33. The lowest BCUT2D eigenvalue weighted by Gasteiger charge is -2.10. The molecule has 0 fully saturated rings. The van der Waals surface area contributed by atoms with Gasteiger partial charge in [0, 0.05) is 38.1 Å². The number of hydrogen-bond donors (Lipinski definition) is 2. The highest BCUT2D eigenvalue weighted by Gasteiger charge is 2.07. The number of carbonyl (C=O) groups excluding carboxylic acids is 1. The molecule has 0 aliphatic heterocycles. The van der Waals surface area contributed by atoms with E-state index in [1.807, 2.05) is 38.1 Å². The van der Waals surface area contributed by atoms with Crippen LogP contribution < -0.4 is 10.6 Å². The molecule has 0 atom stereocenters. The van der Waals surface area contributed by atoms with E-state index in [0.717, 1.165) is 22.4 Å². The second-order valence-electron chi connectivity index (χ2n) is 5.20. The van der Waals surface area contributed by atoms with Crippen molar-refractivity contribution in [2.24, 2.45) is 5.92 Å². The van der Waals surface area contributed by atoms with E-state index >= 15 is 0 Å². The van der Waals surface area contributed by atoms with Crippen molar-refractivity contribution in [3.05, 3.63) is 44.6 Å². The fraction of sp³-hybridized carbons (Fsp3) is 0.312. The Morgan fingerprint density at radius 1 is 1.29 bits per heavy atom. The van der Waals surface area contributed by atoms with Gasteiger partial charge in [-0.1, -0.05) is 19.9 Å². The predicted molar refractivity (Wildman–Crippen MR) is 94.0 cm³/mol. The molecule has 1 aromatic heterocycles. The molecule has 1 aromatic carbocycles. The third-order valence-corrected chi connectivity index (χ3v) is 5.17. The van der Waals surface area contributed by atoms with Crippen LogP contribution in [0.3, 0.4) is 0 Å². The van der Waals surface area contributed by atoms with E-state index < -0.39 is 0 Å². The summed E-state index contributed by atoms with van der Waals surface area (Å²) in [6.07, 6.45) is 0. The van der Waals surface area contributed by atoms with Crippen molar-refractivity contribution in [3.63, 3.8) is 0 Å². The van der Waals surface area contributed by atoms with Gasteiger partial charge in [-0.2, -0.15) is 0 Å². The molecular weight excluding hydrogens is 348 g/mol. The van der Waals surface area contributed by atoms with Crippen LogP contribution in [0.1, 0.15) is 23.6 Å². The van der Waals surface area contributed by atoms with Crippen molar-refractivity contribution >= 4 is 44.5 Å². The van der Waals surface area contributed by atoms with Gasteiger partial charge in [-0.25, -0.2) is 0 Å². The molecule has 0 unspecified atom stereocenters. The monoisotopic (exact) mass is 366 g/mol. The average Bonchev–Trinajstić information content (AvgIpc) is 2.76. The van der Waals surface area contributed by atoms with Crippen LogP contribution in [0.25, 0.3) is 0 Å². The Balaban J connectivity index is 1.99. The van der Waals surface area contributed by atoms with Gasteiger partial charge in [0.1, 0.15) is 0 Å². The molecule has 2 rings (SSSR count). The molecule has 1 amide bonds. The molecule has 112 valence electrons. The van der Waals surface area contributed by atoms with Gasteiger partial charge in [-0.15, -0.1) is 11.3 Å². The zero-order valence-electron chi connectivity index (χ0n) is 12.4. The van der Waals surface area contributed by atoms with Gasteiger partial charge in [-0.05, 0) is 47.1 Å². The minimum atomic E-state index is -0.0203. The number of benzene rings is 1. The zero-order chi connectivity index (χ0) is 15.4. The van der Waals surface area contributed by atoms with Gasteiger partial charge in [0.2, 0.25) is 5.91 Å². The summed E-state index contributed by atoms with van der Waals surface area (Å²) >= 11 is 5.30. The number of amides is 1. The first-order valence-electron chi connectivity index (χ1n) is 6.85. The molecule has 2 aromatic rings. The van der Waals surface area contributed by atoms with Crippen LogP contribution in [0.2, 0.25) is 0 Å². The van der Waals surface area contributed by atoms with E-state index in [1.54, 1.807) is 11.3 Å². The number of halogens is 1. The number of thiophene rings is 1. The number of hydrogen-bond acceptors (Lipinski definition) is 3. The number of rotatable bonds is 5. The van der Waals surface area contributed by atoms with Crippen molar-refractivity contribution in [2.75, 3.05) is 10.6 Å². The predicted octanol–water partition coefficient (Wildman–Crippen LogP) is 5.03. The summed E-state index contributed by atoms with van der Waals surface area (Å²) in [6.45, 7) is 6.64. The Kier molecular flexibility index (Phi) is 5.42. The van der Waals surface area contributed by atoms with Crippen molar-refractivity contribution in [1.29, 1.82) is 0 Å². The SMILES string of the molecule is Cc1sc(CNc2cccc(NC(=O)C(C)C)c2)cc1Br. The van der Waals surface area contributed by atoms with E-state index in [1.165, 1.54) is 9.75 Å². The summed E-state index contributed by atoms with van der Waals surface area (Å²) in [6, 6.07) is 9.93. The van der Waals surface area contributed by atoms with Crippen LogP contribution in [0.5, 0.6) is 0 Å². The van der Waals surface area contributed by atoms with Crippen LogP contribution in [0.15, 0.2) is 34.8 Å². The second-order valence-corrected chi connectivity index (χ2v) is 7.39. The quantitative estimate of drug-likeness (QED) is 0.779. The van der Waals surface area contributed by atoms with Gasteiger partial charge in [0.25, 0.3) is 0 Å². The molecule has 21 heavy (non-hydrogen) atoms. The minimum Gasteiger partial charge on any atom is -0.380 e. The van der Waals surface area contributed by atoms with Crippen LogP contribution >= 0.6 is 27.3 Å². The molecule has 0 saturated heterocycles. The highest BCUT2D eigenvalue weighted by atomic mass is 79.9. The first kappa shape index (κ1) is 16.0.